The maximum atomic E-state index is 12.1. The number of carbonyl (C=O) groups excluding carboxylic acids is 1. The summed E-state index contributed by atoms with van der Waals surface area (Å²) in [5, 5.41) is 18.6. The average molecular weight is 265 g/mol. The molecular weight excluding hydrogens is 246 g/mol. The molecule has 1 fully saturated rings. The maximum absolute atomic E-state index is 12.1. The van der Waals surface area contributed by atoms with Gasteiger partial charge >= 0.3 is 0 Å². The summed E-state index contributed by atoms with van der Waals surface area (Å²) >= 11 is 0. The molecule has 1 aliphatic rings. The Morgan fingerprint density at radius 2 is 2.21 bits per heavy atom. The molecule has 1 aromatic heterocycles. The van der Waals surface area contributed by atoms with Crippen molar-refractivity contribution in [2.24, 2.45) is 5.92 Å². The summed E-state index contributed by atoms with van der Waals surface area (Å²) in [4.78, 5) is 23.7. The number of H-pyrrole nitrogens is 1. The van der Waals surface area contributed by atoms with Crippen LogP contribution in [0.1, 0.15) is 40.9 Å². The first-order valence-electron chi connectivity index (χ1n) is 6.53. The minimum atomic E-state index is -0.479. The van der Waals surface area contributed by atoms with Gasteiger partial charge in [0.05, 0.1) is 11.8 Å². The molecule has 0 saturated heterocycles. The van der Waals surface area contributed by atoms with Crippen LogP contribution in [0.4, 0.5) is 0 Å². The van der Waals surface area contributed by atoms with Gasteiger partial charge in [-0.05, 0) is 32.3 Å². The number of aromatic nitrogens is 2. The fraction of sp³-hybridized carbons (Fsp3) is 0.615. The SMILES string of the molecule is Cc1n[nH]c(=O)c(C(=O)NCC2CCCC2O)c1C. The Bertz CT molecular complexity index is 538. The Morgan fingerprint density at radius 1 is 1.47 bits per heavy atom. The lowest BCUT2D eigenvalue weighted by atomic mass is 10.1. The summed E-state index contributed by atoms with van der Waals surface area (Å²) in [6.07, 6.45) is 2.33. The van der Waals surface area contributed by atoms with E-state index in [9.17, 15) is 14.7 Å². The third kappa shape index (κ3) is 2.84. The van der Waals surface area contributed by atoms with Gasteiger partial charge in [-0.2, -0.15) is 5.10 Å². The largest absolute Gasteiger partial charge is 0.393 e. The van der Waals surface area contributed by atoms with E-state index in [0.29, 0.717) is 17.8 Å². The van der Waals surface area contributed by atoms with E-state index in [1.54, 1.807) is 13.8 Å². The molecule has 0 spiro atoms. The van der Waals surface area contributed by atoms with Crippen LogP contribution in [0.15, 0.2) is 4.79 Å². The van der Waals surface area contributed by atoms with E-state index in [2.05, 4.69) is 15.5 Å². The van der Waals surface area contributed by atoms with Crippen molar-refractivity contribution in [1.82, 2.24) is 15.5 Å². The van der Waals surface area contributed by atoms with Gasteiger partial charge in [-0.1, -0.05) is 6.42 Å². The van der Waals surface area contributed by atoms with Crippen molar-refractivity contribution < 1.29 is 9.90 Å². The number of rotatable bonds is 3. The first-order chi connectivity index (χ1) is 9.00. The van der Waals surface area contributed by atoms with Crippen molar-refractivity contribution >= 4 is 5.91 Å². The molecule has 1 saturated carbocycles. The lowest BCUT2D eigenvalue weighted by Gasteiger charge is -2.15. The van der Waals surface area contributed by atoms with E-state index in [-0.39, 0.29) is 17.6 Å². The molecule has 0 radical (unpaired) electrons. The van der Waals surface area contributed by atoms with E-state index in [1.165, 1.54) is 0 Å². The van der Waals surface area contributed by atoms with Crippen molar-refractivity contribution in [3.05, 3.63) is 27.2 Å². The molecule has 1 aliphatic carbocycles. The van der Waals surface area contributed by atoms with E-state index < -0.39 is 11.5 Å². The van der Waals surface area contributed by atoms with Gasteiger partial charge in [-0.15, -0.1) is 0 Å². The van der Waals surface area contributed by atoms with Crippen LogP contribution in [0.2, 0.25) is 0 Å². The van der Waals surface area contributed by atoms with Gasteiger partial charge in [0.1, 0.15) is 5.56 Å². The number of nitrogens with zero attached hydrogens (tertiary/aromatic N) is 1. The number of amides is 1. The minimum absolute atomic E-state index is 0.0891. The van der Waals surface area contributed by atoms with Gasteiger partial charge in [0.2, 0.25) is 0 Å². The molecular formula is C13H19N3O3. The zero-order valence-electron chi connectivity index (χ0n) is 11.2. The quantitative estimate of drug-likeness (QED) is 0.731. The summed E-state index contributed by atoms with van der Waals surface area (Å²) in [5.74, 6) is -0.311. The lowest BCUT2D eigenvalue weighted by molar-refractivity contribution is 0.0914. The number of hydrogen-bond acceptors (Lipinski definition) is 4. The van der Waals surface area contributed by atoms with Gasteiger partial charge in [0.15, 0.2) is 0 Å². The molecule has 2 unspecified atom stereocenters. The summed E-state index contributed by atoms with van der Waals surface area (Å²) in [7, 11) is 0. The molecule has 2 rings (SSSR count). The van der Waals surface area contributed by atoms with Crippen molar-refractivity contribution in [1.29, 1.82) is 0 Å². The highest BCUT2D eigenvalue weighted by molar-refractivity contribution is 5.95. The highest BCUT2D eigenvalue weighted by atomic mass is 16.3. The number of aliphatic hydroxyl groups excluding tert-OH is 1. The standard InChI is InChI=1S/C13H19N3O3/c1-7-8(2)15-16-13(19)11(7)12(18)14-6-9-4-3-5-10(9)17/h9-10,17H,3-6H2,1-2H3,(H,14,18)(H,16,19). The van der Waals surface area contributed by atoms with Gasteiger partial charge in [0.25, 0.3) is 11.5 Å². The van der Waals surface area contributed by atoms with Gasteiger partial charge < -0.3 is 10.4 Å². The molecule has 1 amide bonds. The van der Waals surface area contributed by atoms with Crippen LogP contribution in [0.5, 0.6) is 0 Å². The van der Waals surface area contributed by atoms with Crippen LogP contribution in [0.25, 0.3) is 0 Å². The molecule has 6 heteroatoms. The Hall–Kier alpha value is -1.69. The summed E-state index contributed by atoms with van der Waals surface area (Å²) in [6.45, 7) is 3.85. The smallest absolute Gasteiger partial charge is 0.277 e. The number of aryl methyl sites for hydroxylation is 1. The number of aliphatic hydroxyl groups is 1. The summed E-state index contributed by atoms with van der Waals surface area (Å²) in [6, 6.07) is 0. The number of aromatic amines is 1. The van der Waals surface area contributed by atoms with E-state index >= 15 is 0 Å². The van der Waals surface area contributed by atoms with Crippen molar-refractivity contribution in [3.63, 3.8) is 0 Å². The molecule has 1 heterocycles. The van der Waals surface area contributed by atoms with Crippen molar-refractivity contribution in [2.75, 3.05) is 6.54 Å². The van der Waals surface area contributed by atoms with Crippen LogP contribution in [-0.4, -0.2) is 33.9 Å². The maximum Gasteiger partial charge on any atom is 0.277 e. The highest BCUT2D eigenvalue weighted by Gasteiger charge is 2.26. The van der Waals surface area contributed by atoms with E-state index in [0.717, 1.165) is 19.3 Å². The normalized spacial score (nSPS) is 22.5. The highest BCUT2D eigenvalue weighted by Crippen LogP contribution is 2.24. The number of hydrogen-bond donors (Lipinski definition) is 3. The first kappa shape index (κ1) is 13.7. The van der Waals surface area contributed by atoms with Crippen molar-refractivity contribution in [2.45, 2.75) is 39.2 Å². The van der Waals surface area contributed by atoms with Crippen LogP contribution < -0.4 is 10.9 Å². The zero-order valence-corrected chi connectivity index (χ0v) is 11.2. The predicted octanol–water partition coefficient (Wildman–Crippen LogP) is 0.278. The van der Waals surface area contributed by atoms with Gasteiger partial charge in [-0.25, -0.2) is 5.10 Å². The fourth-order valence-corrected chi connectivity index (χ4v) is 2.47. The second-order valence-corrected chi connectivity index (χ2v) is 5.11. The van der Waals surface area contributed by atoms with E-state index in [1.807, 2.05) is 0 Å². The van der Waals surface area contributed by atoms with Crippen LogP contribution in [0, 0.1) is 19.8 Å². The summed E-state index contributed by atoms with van der Waals surface area (Å²) < 4.78 is 0. The fourth-order valence-electron chi connectivity index (χ4n) is 2.47. The summed E-state index contributed by atoms with van der Waals surface area (Å²) in [5.41, 5.74) is 0.853. The molecule has 2 atom stereocenters. The third-order valence-electron chi connectivity index (χ3n) is 3.84. The molecule has 104 valence electrons. The number of nitrogens with one attached hydrogen (secondary N) is 2. The second kappa shape index (κ2) is 5.52. The van der Waals surface area contributed by atoms with Gasteiger partial charge in [-0.3, -0.25) is 9.59 Å². The van der Waals surface area contributed by atoms with E-state index in [4.69, 9.17) is 0 Å². The van der Waals surface area contributed by atoms with Crippen molar-refractivity contribution in [3.8, 4) is 0 Å². The predicted molar refractivity (Wildman–Crippen MR) is 70.0 cm³/mol. The molecule has 6 nitrogen and oxygen atoms in total. The first-order valence-corrected chi connectivity index (χ1v) is 6.53. The van der Waals surface area contributed by atoms with Crippen LogP contribution >= 0.6 is 0 Å². The minimum Gasteiger partial charge on any atom is -0.393 e. The Morgan fingerprint density at radius 3 is 2.84 bits per heavy atom. The molecule has 1 aromatic rings. The zero-order chi connectivity index (χ0) is 14.0. The van der Waals surface area contributed by atoms with Crippen LogP contribution in [-0.2, 0) is 0 Å². The third-order valence-corrected chi connectivity index (χ3v) is 3.84. The van der Waals surface area contributed by atoms with Gasteiger partial charge in [0, 0.05) is 12.5 Å². The lowest BCUT2D eigenvalue weighted by Crippen LogP contribution is -2.36. The topological polar surface area (TPSA) is 95.1 Å². The molecule has 0 bridgehead atoms. The molecule has 0 aromatic carbocycles. The molecule has 19 heavy (non-hydrogen) atoms. The average Bonchev–Trinajstić information content (AvgIpc) is 2.77. The Kier molecular flexibility index (Phi) is 3.99. The molecule has 3 N–H and O–H groups in total. The Balaban J connectivity index is 2.08. The van der Waals surface area contributed by atoms with Crippen LogP contribution in [0.3, 0.4) is 0 Å². The monoisotopic (exact) mass is 265 g/mol. The second-order valence-electron chi connectivity index (χ2n) is 5.11. The Labute approximate surface area is 111 Å². The molecule has 0 aliphatic heterocycles. The number of carbonyl (C=O) groups is 1.